The zero-order valence-electron chi connectivity index (χ0n) is 4.24. The van der Waals surface area contributed by atoms with E-state index in [0.717, 1.165) is 0 Å². The summed E-state index contributed by atoms with van der Waals surface area (Å²) in [5, 5.41) is 0. The van der Waals surface area contributed by atoms with E-state index in [9.17, 15) is 0 Å². The molecule has 0 saturated heterocycles. The normalized spacial score (nSPS) is 7.75. The lowest BCUT2D eigenvalue weighted by Crippen LogP contribution is -1.89. The van der Waals surface area contributed by atoms with Gasteiger partial charge >= 0.3 is 10.4 Å². The summed E-state index contributed by atoms with van der Waals surface area (Å²) in [7, 11) is -4.67. The second-order valence-electron chi connectivity index (χ2n) is 0.448. The fourth-order valence-electron chi connectivity index (χ4n) is 0. The molecule has 0 aliphatic rings. The van der Waals surface area contributed by atoms with Crippen LogP contribution in [0.15, 0.2) is 13.2 Å². The van der Waals surface area contributed by atoms with Gasteiger partial charge in [0.25, 0.3) is 0 Å². The molecule has 0 aliphatic heterocycles. The van der Waals surface area contributed by atoms with Gasteiger partial charge in [-0.15, -0.1) is 13.2 Å². The van der Waals surface area contributed by atoms with Gasteiger partial charge in [0.1, 0.15) is 0 Å². The van der Waals surface area contributed by atoms with Gasteiger partial charge in [-0.05, 0) is 0 Å². The molecular formula is C2H9NO4S. The minimum Gasteiger partial charge on any atom is -0.344 e. The molecule has 0 rings (SSSR count). The summed E-state index contributed by atoms with van der Waals surface area (Å²) in [5.41, 5.74) is 0. The maximum absolute atomic E-state index is 8.74. The average molecular weight is 143 g/mol. The van der Waals surface area contributed by atoms with E-state index in [2.05, 4.69) is 13.2 Å². The largest absolute Gasteiger partial charge is 0.394 e. The van der Waals surface area contributed by atoms with Crippen LogP contribution < -0.4 is 6.15 Å². The van der Waals surface area contributed by atoms with Gasteiger partial charge in [0, 0.05) is 0 Å². The highest BCUT2D eigenvalue weighted by molar-refractivity contribution is 7.79. The SMILES string of the molecule is C=C.N.O=S(=O)(O)O. The molecule has 0 atom stereocenters. The minimum absolute atomic E-state index is 0. The summed E-state index contributed by atoms with van der Waals surface area (Å²) >= 11 is 0. The van der Waals surface area contributed by atoms with Gasteiger partial charge in [-0.1, -0.05) is 0 Å². The molecule has 0 bridgehead atoms. The summed E-state index contributed by atoms with van der Waals surface area (Å²) in [6.07, 6.45) is 0. The second kappa shape index (κ2) is 6.57. The lowest BCUT2D eigenvalue weighted by molar-refractivity contribution is 0.381. The first-order chi connectivity index (χ1) is 3.00. The monoisotopic (exact) mass is 143 g/mol. The zero-order valence-corrected chi connectivity index (χ0v) is 5.06. The predicted octanol–water partition coefficient (Wildman–Crippen LogP) is 0.311. The topological polar surface area (TPSA) is 110 Å². The molecule has 0 heterocycles. The molecule has 0 unspecified atom stereocenters. The third-order valence-corrected chi connectivity index (χ3v) is 0. The van der Waals surface area contributed by atoms with Crippen LogP contribution >= 0.6 is 0 Å². The van der Waals surface area contributed by atoms with Crippen molar-refractivity contribution in [1.29, 1.82) is 0 Å². The Morgan fingerprint density at radius 1 is 1.12 bits per heavy atom. The Bertz CT molecular complexity index is 108. The van der Waals surface area contributed by atoms with Crippen molar-refractivity contribution < 1.29 is 17.5 Å². The van der Waals surface area contributed by atoms with Gasteiger partial charge in [0.05, 0.1) is 0 Å². The number of rotatable bonds is 0. The first-order valence-electron chi connectivity index (χ1n) is 1.20. The first-order valence-corrected chi connectivity index (χ1v) is 2.60. The molecular weight excluding hydrogens is 134 g/mol. The summed E-state index contributed by atoms with van der Waals surface area (Å²) in [6, 6.07) is 0. The fraction of sp³-hybridized carbons (Fsp3) is 0. The Labute approximate surface area is 48.2 Å². The van der Waals surface area contributed by atoms with Gasteiger partial charge in [0.2, 0.25) is 0 Å². The summed E-state index contributed by atoms with van der Waals surface area (Å²) in [4.78, 5) is 0. The Balaban J connectivity index is -0.0000000750. The van der Waals surface area contributed by atoms with Gasteiger partial charge in [-0.3, -0.25) is 9.11 Å². The predicted molar refractivity (Wildman–Crippen MR) is 30.5 cm³/mol. The molecule has 0 aromatic carbocycles. The first kappa shape index (κ1) is 15.6. The molecule has 0 fully saturated rings. The van der Waals surface area contributed by atoms with Crippen LogP contribution in [0.1, 0.15) is 0 Å². The van der Waals surface area contributed by atoms with E-state index in [-0.39, 0.29) is 6.15 Å². The molecule has 0 aromatic rings. The smallest absolute Gasteiger partial charge is 0.344 e. The van der Waals surface area contributed by atoms with Crippen LogP contribution in [-0.4, -0.2) is 17.5 Å². The summed E-state index contributed by atoms with van der Waals surface area (Å²) in [5.74, 6) is 0. The molecule has 0 saturated carbocycles. The van der Waals surface area contributed by atoms with E-state index in [0.29, 0.717) is 0 Å². The Morgan fingerprint density at radius 2 is 1.12 bits per heavy atom. The summed E-state index contributed by atoms with van der Waals surface area (Å²) < 4.78 is 31.6. The van der Waals surface area contributed by atoms with Crippen LogP contribution in [0, 0.1) is 0 Å². The fourth-order valence-corrected chi connectivity index (χ4v) is 0. The lowest BCUT2D eigenvalue weighted by Gasteiger charge is -1.68. The van der Waals surface area contributed by atoms with Crippen molar-refractivity contribution in [3.8, 4) is 0 Å². The van der Waals surface area contributed by atoms with Crippen LogP contribution in [-0.2, 0) is 10.4 Å². The molecule has 0 aromatic heterocycles. The molecule has 0 amide bonds. The molecule has 5 nitrogen and oxygen atoms in total. The van der Waals surface area contributed by atoms with E-state index < -0.39 is 10.4 Å². The number of hydrogen-bond acceptors (Lipinski definition) is 3. The van der Waals surface area contributed by atoms with Gasteiger partial charge in [-0.25, -0.2) is 0 Å². The van der Waals surface area contributed by atoms with Crippen molar-refractivity contribution in [2.45, 2.75) is 0 Å². The van der Waals surface area contributed by atoms with Gasteiger partial charge < -0.3 is 6.15 Å². The lowest BCUT2D eigenvalue weighted by atomic mass is 11.3. The minimum atomic E-state index is -4.67. The number of hydrogen-bond donors (Lipinski definition) is 3. The highest BCUT2D eigenvalue weighted by Gasteiger charge is 1.84. The Hall–Kier alpha value is -0.430. The van der Waals surface area contributed by atoms with Crippen LogP contribution in [0.5, 0.6) is 0 Å². The third kappa shape index (κ3) is 629. The van der Waals surface area contributed by atoms with Crippen molar-refractivity contribution in [2.75, 3.05) is 0 Å². The highest BCUT2D eigenvalue weighted by atomic mass is 32.3. The molecule has 0 aliphatic carbocycles. The van der Waals surface area contributed by atoms with Crippen molar-refractivity contribution in [3.05, 3.63) is 13.2 Å². The van der Waals surface area contributed by atoms with Gasteiger partial charge in [0.15, 0.2) is 0 Å². The Kier molecular flexibility index (Phi) is 12.8. The molecule has 8 heavy (non-hydrogen) atoms. The Morgan fingerprint density at radius 3 is 1.12 bits per heavy atom. The molecule has 52 valence electrons. The van der Waals surface area contributed by atoms with Crippen LogP contribution in [0.3, 0.4) is 0 Å². The van der Waals surface area contributed by atoms with Crippen LogP contribution in [0.4, 0.5) is 0 Å². The maximum atomic E-state index is 8.74. The van der Waals surface area contributed by atoms with E-state index in [1.165, 1.54) is 0 Å². The van der Waals surface area contributed by atoms with Gasteiger partial charge in [-0.2, -0.15) is 8.42 Å². The van der Waals surface area contributed by atoms with E-state index >= 15 is 0 Å². The van der Waals surface area contributed by atoms with Crippen molar-refractivity contribution in [1.82, 2.24) is 6.15 Å². The third-order valence-electron chi connectivity index (χ3n) is 0. The highest BCUT2D eigenvalue weighted by Crippen LogP contribution is 1.59. The molecule has 0 radical (unpaired) electrons. The second-order valence-corrected chi connectivity index (χ2v) is 1.34. The zero-order chi connectivity index (χ0) is 6.50. The molecule has 6 heteroatoms. The van der Waals surface area contributed by atoms with Crippen LogP contribution in [0.25, 0.3) is 0 Å². The van der Waals surface area contributed by atoms with E-state index in [1.807, 2.05) is 0 Å². The average Bonchev–Trinajstić information content (AvgIpc) is 1.36. The maximum Gasteiger partial charge on any atom is 0.394 e. The van der Waals surface area contributed by atoms with E-state index in [1.54, 1.807) is 0 Å². The summed E-state index contributed by atoms with van der Waals surface area (Å²) in [6.45, 7) is 6.00. The molecule has 0 spiro atoms. The van der Waals surface area contributed by atoms with Crippen molar-refractivity contribution in [3.63, 3.8) is 0 Å². The molecule has 5 N–H and O–H groups in total. The van der Waals surface area contributed by atoms with E-state index in [4.69, 9.17) is 17.5 Å². The van der Waals surface area contributed by atoms with Crippen LogP contribution in [0.2, 0.25) is 0 Å². The standard InChI is InChI=1S/C2H4.H3N.H2O4S/c1-2;;1-5(2,3)4/h1-2H2;1H3;(H2,1,2,3,4). The quantitative estimate of drug-likeness (QED) is 0.334. The van der Waals surface area contributed by atoms with Crippen molar-refractivity contribution in [2.24, 2.45) is 0 Å². The van der Waals surface area contributed by atoms with Crippen molar-refractivity contribution >= 4 is 10.4 Å².